The number of hydrogen-bond acceptors (Lipinski definition) is 8. The van der Waals surface area contributed by atoms with Crippen molar-refractivity contribution in [3.8, 4) is 0 Å². The van der Waals surface area contributed by atoms with Crippen LogP contribution in [0.25, 0.3) is 0 Å². The third-order valence-corrected chi connectivity index (χ3v) is 4.56. The maximum absolute atomic E-state index is 11.2. The molecule has 0 aliphatic carbocycles. The number of aromatic nitrogens is 2. The van der Waals surface area contributed by atoms with E-state index in [0.29, 0.717) is 17.9 Å². The van der Waals surface area contributed by atoms with E-state index < -0.39 is 0 Å². The van der Waals surface area contributed by atoms with Gasteiger partial charge in [0, 0.05) is 57.6 Å². The zero-order valence-electron chi connectivity index (χ0n) is 15.5. The lowest BCUT2D eigenvalue weighted by molar-refractivity contribution is -0.385. The Labute approximate surface area is 157 Å². The molecule has 27 heavy (non-hydrogen) atoms. The van der Waals surface area contributed by atoms with Gasteiger partial charge in [0.1, 0.15) is 18.0 Å². The summed E-state index contributed by atoms with van der Waals surface area (Å²) in [5, 5.41) is 14.4. The minimum atomic E-state index is -0.374. The molecular weight excluding hydrogens is 346 g/mol. The number of para-hydroxylation sites is 1. The molecule has 0 bridgehead atoms. The minimum absolute atomic E-state index is 0.0871. The molecule has 0 saturated carbocycles. The molecule has 9 nitrogen and oxygen atoms in total. The van der Waals surface area contributed by atoms with Crippen molar-refractivity contribution in [1.29, 1.82) is 0 Å². The molecule has 1 aliphatic rings. The number of likely N-dealkylation sites (N-methyl/N-ethyl adjacent to an activating group) is 1. The molecule has 3 rings (SSSR count). The summed E-state index contributed by atoms with van der Waals surface area (Å²) in [5.41, 5.74) is 1.48. The Hall–Kier alpha value is -3.07. The second-order valence-electron chi connectivity index (χ2n) is 6.38. The number of piperazine rings is 1. The minimum Gasteiger partial charge on any atom is -0.365 e. The van der Waals surface area contributed by atoms with Gasteiger partial charge in [-0.1, -0.05) is 18.2 Å². The quantitative estimate of drug-likeness (QED) is 0.471. The fraction of sp³-hybridized carbons (Fsp3) is 0.389. The zero-order chi connectivity index (χ0) is 19.2. The topological polar surface area (TPSA) is 99.8 Å². The normalized spacial score (nSPS) is 15.3. The molecule has 0 amide bonds. The fourth-order valence-corrected chi connectivity index (χ4v) is 3.06. The molecule has 1 aromatic carbocycles. The molecule has 1 aromatic heterocycles. The van der Waals surface area contributed by atoms with Gasteiger partial charge in [0.2, 0.25) is 0 Å². The van der Waals surface area contributed by atoms with Crippen LogP contribution in [0, 0.1) is 10.1 Å². The zero-order valence-corrected chi connectivity index (χ0v) is 15.5. The van der Waals surface area contributed by atoms with E-state index in [1.54, 1.807) is 31.5 Å². The highest BCUT2D eigenvalue weighted by atomic mass is 16.6. The third kappa shape index (κ3) is 4.37. The van der Waals surface area contributed by atoms with Gasteiger partial charge < -0.3 is 15.1 Å². The van der Waals surface area contributed by atoms with Crippen molar-refractivity contribution in [2.45, 2.75) is 6.54 Å². The maximum Gasteiger partial charge on any atom is 0.274 e. The molecule has 1 fully saturated rings. The maximum atomic E-state index is 11.2. The summed E-state index contributed by atoms with van der Waals surface area (Å²) < 4.78 is 0. The van der Waals surface area contributed by atoms with Crippen LogP contribution in [0.4, 0.5) is 17.3 Å². The molecule has 1 saturated heterocycles. The summed E-state index contributed by atoms with van der Waals surface area (Å²) in [5.74, 6) is 1.44. The van der Waals surface area contributed by atoms with Crippen LogP contribution in [0.15, 0.2) is 35.6 Å². The first-order valence-electron chi connectivity index (χ1n) is 8.77. The summed E-state index contributed by atoms with van der Waals surface area (Å²) in [4.78, 5) is 28.3. The smallest absolute Gasteiger partial charge is 0.274 e. The second-order valence-corrected chi connectivity index (χ2v) is 6.38. The highest BCUT2D eigenvalue weighted by Crippen LogP contribution is 2.24. The Kier molecular flexibility index (Phi) is 5.92. The predicted molar refractivity (Wildman–Crippen MR) is 106 cm³/mol. The van der Waals surface area contributed by atoms with E-state index >= 15 is 0 Å². The Morgan fingerprint density at radius 2 is 2.00 bits per heavy atom. The first kappa shape index (κ1) is 18.7. The van der Waals surface area contributed by atoms with E-state index in [1.165, 1.54) is 12.4 Å². The Balaban J connectivity index is 1.85. The molecule has 2 aromatic rings. The van der Waals surface area contributed by atoms with Gasteiger partial charge in [-0.3, -0.25) is 15.1 Å². The van der Waals surface area contributed by atoms with Gasteiger partial charge in [-0.15, -0.1) is 0 Å². The molecule has 142 valence electrons. The van der Waals surface area contributed by atoms with Gasteiger partial charge in [-0.05, 0) is 7.05 Å². The van der Waals surface area contributed by atoms with E-state index in [1.807, 2.05) is 0 Å². The van der Waals surface area contributed by atoms with Gasteiger partial charge in [-0.25, -0.2) is 9.97 Å². The second kappa shape index (κ2) is 8.54. The van der Waals surface area contributed by atoms with Gasteiger partial charge in [-0.2, -0.15) is 0 Å². The lowest BCUT2D eigenvalue weighted by Crippen LogP contribution is -2.45. The summed E-state index contributed by atoms with van der Waals surface area (Å²) in [6.07, 6.45) is 3.25. The highest BCUT2D eigenvalue weighted by molar-refractivity contribution is 5.92. The summed E-state index contributed by atoms with van der Waals surface area (Å²) in [6.45, 7) is 3.97. The van der Waals surface area contributed by atoms with Crippen molar-refractivity contribution in [2.24, 2.45) is 4.99 Å². The van der Waals surface area contributed by atoms with E-state index in [0.717, 1.165) is 37.6 Å². The number of nitro benzene ring substituents is 1. The van der Waals surface area contributed by atoms with Gasteiger partial charge >= 0.3 is 0 Å². The van der Waals surface area contributed by atoms with Crippen molar-refractivity contribution in [3.63, 3.8) is 0 Å². The number of nitrogens with one attached hydrogen (secondary N) is 1. The molecular formula is C18H23N7O2. The van der Waals surface area contributed by atoms with Crippen LogP contribution in [0.1, 0.15) is 11.1 Å². The van der Waals surface area contributed by atoms with Crippen LogP contribution < -0.4 is 10.2 Å². The van der Waals surface area contributed by atoms with Crippen LogP contribution >= 0.6 is 0 Å². The largest absolute Gasteiger partial charge is 0.365 e. The Morgan fingerprint density at radius 1 is 1.26 bits per heavy atom. The first-order valence-corrected chi connectivity index (χ1v) is 8.77. The Morgan fingerprint density at radius 3 is 2.70 bits per heavy atom. The molecule has 0 unspecified atom stereocenters. The molecule has 0 radical (unpaired) electrons. The van der Waals surface area contributed by atoms with E-state index in [9.17, 15) is 10.1 Å². The number of anilines is 2. The van der Waals surface area contributed by atoms with Crippen LogP contribution in [-0.4, -0.2) is 66.3 Å². The predicted octanol–water partition coefficient (Wildman–Crippen LogP) is 1.80. The SMILES string of the molecule is CN=Cc1c(NCc2ccccc2[N+](=O)[O-])ncnc1N1CCN(C)CC1. The first-order chi connectivity index (χ1) is 13.1. The standard InChI is InChI=1S/C18H23N7O2/c1-19-12-15-17(20-11-14-5-3-4-6-16(14)25(26)27)21-13-22-18(15)24-9-7-23(2)8-10-24/h3-6,12-13H,7-11H2,1-2H3,(H,20,21,22). The lowest BCUT2D eigenvalue weighted by atomic mass is 10.1. The highest BCUT2D eigenvalue weighted by Gasteiger charge is 2.20. The van der Waals surface area contributed by atoms with Crippen LogP contribution in [0.2, 0.25) is 0 Å². The number of aliphatic imine (C=N–C) groups is 1. The van der Waals surface area contributed by atoms with Crippen molar-refractivity contribution >= 4 is 23.5 Å². The number of hydrogen-bond donors (Lipinski definition) is 1. The molecule has 0 spiro atoms. The monoisotopic (exact) mass is 369 g/mol. The summed E-state index contributed by atoms with van der Waals surface area (Å²) in [6, 6.07) is 6.68. The third-order valence-electron chi connectivity index (χ3n) is 4.56. The average molecular weight is 369 g/mol. The van der Waals surface area contributed by atoms with Crippen LogP contribution in [-0.2, 0) is 6.54 Å². The van der Waals surface area contributed by atoms with Crippen molar-refractivity contribution in [1.82, 2.24) is 14.9 Å². The van der Waals surface area contributed by atoms with Gasteiger partial charge in [0.25, 0.3) is 5.69 Å². The number of nitrogens with zero attached hydrogens (tertiary/aromatic N) is 6. The summed E-state index contributed by atoms with van der Waals surface area (Å²) >= 11 is 0. The number of benzene rings is 1. The molecule has 2 heterocycles. The van der Waals surface area contributed by atoms with Crippen LogP contribution in [0.3, 0.4) is 0 Å². The van der Waals surface area contributed by atoms with E-state index in [-0.39, 0.29) is 10.6 Å². The Bertz CT molecular complexity index is 832. The number of rotatable bonds is 6. The molecule has 1 aliphatic heterocycles. The van der Waals surface area contributed by atoms with Crippen molar-refractivity contribution in [3.05, 3.63) is 51.8 Å². The molecule has 0 atom stereocenters. The lowest BCUT2D eigenvalue weighted by Gasteiger charge is -2.34. The van der Waals surface area contributed by atoms with Crippen molar-refractivity contribution < 1.29 is 4.92 Å². The van der Waals surface area contributed by atoms with E-state index in [2.05, 4.69) is 37.1 Å². The van der Waals surface area contributed by atoms with Crippen LogP contribution in [0.5, 0.6) is 0 Å². The average Bonchev–Trinajstić information content (AvgIpc) is 2.68. The molecule has 1 N–H and O–H groups in total. The van der Waals surface area contributed by atoms with Gasteiger partial charge in [0.15, 0.2) is 0 Å². The van der Waals surface area contributed by atoms with E-state index in [4.69, 9.17) is 0 Å². The number of nitro groups is 1. The van der Waals surface area contributed by atoms with Crippen molar-refractivity contribution in [2.75, 3.05) is 50.5 Å². The van der Waals surface area contributed by atoms with Gasteiger partial charge in [0.05, 0.1) is 10.5 Å². The molecule has 9 heteroatoms. The fourth-order valence-electron chi connectivity index (χ4n) is 3.06. The summed E-state index contributed by atoms with van der Waals surface area (Å²) in [7, 11) is 3.80.